The van der Waals surface area contributed by atoms with Crippen molar-refractivity contribution in [2.45, 2.75) is 18.9 Å². The molecule has 1 fully saturated rings. The quantitative estimate of drug-likeness (QED) is 0.620. The number of hydrogen-bond donors (Lipinski definition) is 2. The van der Waals surface area contributed by atoms with E-state index in [0.717, 1.165) is 12.8 Å². The van der Waals surface area contributed by atoms with Gasteiger partial charge in [0.1, 0.15) is 0 Å². The van der Waals surface area contributed by atoms with Gasteiger partial charge in [0.15, 0.2) is 0 Å². The van der Waals surface area contributed by atoms with E-state index in [4.69, 9.17) is 5.11 Å². The minimum atomic E-state index is -0.268. The zero-order valence-corrected chi connectivity index (χ0v) is 7.55. The number of aliphatic hydroxyl groups excluding tert-OH is 1. The lowest BCUT2D eigenvalue weighted by Gasteiger charge is -2.20. The van der Waals surface area contributed by atoms with E-state index in [1.807, 2.05) is 0 Å². The molecule has 2 rings (SSSR count). The largest absolute Gasteiger partial charge is 0.394 e. The van der Waals surface area contributed by atoms with E-state index < -0.39 is 0 Å². The lowest BCUT2D eigenvalue weighted by Crippen LogP contribution is -2.38. The molecule has 0 aromatic carbocycles. The lowest BCUT2D eigenvalue weighted by molar-refractivity contribution is 0.0665. The Morgan fingerprint density at radius 3 is 3.21 bits per heavy atom. The average molecular weight is 197 g/mol. The Morgan fingerprint density at radius 1 is 1.71 bits per heavy atom. The highest BCUT2D eigenvalue weighted by Gasteiger charge is 2.30. The highest BCUT2D eigenvalue weighted by Crippen LogP contribution is 2.17. The molecule has 1 aromatic rings. The van der Waals surface area contributed by atoms with Crippen molar-refractivity contribution in [3.8, 4) is 0 Å². The van der Waals surface area contributed by atoms with E-state index in [9.17, 15) is 4.79 Å². The molecular formula is C7H11N5O2. The summed E-state index contributed by atoms with van der Waals surface area (Å²) in [6.45, 7) is 0.641. The van der Waals surface area contributed by atoms with Crippen molar-refractivity contribution in [3.63, 3.8) is 0 Å². The fourth-order valence-electron chi connectivity index (χ4n) is 1.67. The summed E-state index contributed by atoms with van der Waals surface area (Å²) in [6, 6.07) is -0.0963. The first-order chi connectivity index (χ1) is 6.83. The van der Waals surface area contributed by atoms with Crippen LogP contribution in [-0.2, 0) is 0 Å². The first-order valence-electron chi connectivity index (χ1n) is 4.48. The summed E-state index contributed by atoms with van der Waals surface area (Å²) >= 11 is 0. The molecule has 1 aromatic heterocycles. The van der Waals surface area contributed by atoms with Gasteiger partial charge in [0.2, 0.25) is 0 Å². The van der Waals surface area contributed by atoms with Crippen LogP contribution >= 0.6 is 0 Å². The maximum Gasteiger partial charge on any atom is 0.295 e. The Hall–Kier alpha value is -1.50. The van der Waals surface area contributed by atoms with Gasteiger partial charge in [-0.1, -0.05) is 0 Å². The predicted molar refractivity (Wildman–Crippen MR) is 45.3 cm³/mol. The highest BCUT2D eigenvalue weighted by molar-refractivity contribution is 5.90. The summed E-state index contributed by atoms with van der Waals surface area (Å²) in [5.74, 6) is -0.208. The molecule has 1 saturated heterocycles. The number of carbonyl (C=O) groups is 1. The Bertz CT molecular complexity index is 312. The number of aromatic amines is 1. The molecule has 7 heteroatoms. The maximum absolute atomic E-state index is 11.7. The van der Waals surface area contributed by atoms with E-state index in [1.165, 1.54) is 0 Å². The molecule has 2 heterocycles. The number of tetrazole rings is 1. The van der Waals surface area contributed by atoms with E-state index in [-0.39, 0.29) is 24.4 Å². The molecular weight excluding hydrogens is 186 g/mol. The fourth-order valence-corrected chi connectivity index (χ4v) is 1.67. The van der Waals surface area contributed by atoms with Crippen LogP contribution in [0.25, 0.3) is 0 Å². The van der Waals surface area contributed by atoms with E-state index in [0.29, 0.717) is 6.54 Å². The number of aliphatic hydroxyl groups is 1. The van der Waals surface area contributed by atoms with Gasteiger partial charge < -0.3 is 10.0 Å². The normalized spacial score (nSPS) is 21.5. The second-order valence-electron chi connectivity index (χ2n) is 3.21. The van der Waals surface area contributed by atoms with Crippen LogP contribution in [0.3, 0.4) is 0 Å². The Labute approximate surface area is 80.1 Å². The van der Waals surface area contributed by atoms with Crippen LogP contribution in [0.1, 0.15) is 23.5 Å². The van der Waals surface area contributed by atoms with Crippen molar-refractivity contribution in [3.05, 3.63) is 5.82 Å². The van der Waals surface area contributed by atoms with Crippen molar-refractivity contribution in [2.75, 3.05) is 13.2 Å². The van der Waals surface area contributed by atoms with Crippen molar-refractivity contribution in [2.24, 2.45) is 0 Å². The summed E-state index contributed by atoms with van der Waals surface area (Å²) < 4.78 is 0. The number of aromatic nitrogens is 4. The molecule has 76 valence electrons. The zero-order valence-electron chi connectivity index (χ0n) is 7.55. The molecule has 7 nitrogen and oxygen atoms in total. The van der Waals surface area contributed by atoms with Crippen LogP contribution in [0.5, 0.6) is 0 Å². The summed E-state index contributed by atoms with van der Waals surface area (Å²) in [5, 5.41) is 21.8. The predicted octanol–water partition coefficient (Wildman–Crippen LogP) is -1.20. The van der Waals surface area contributed by atoms with Gasteiger partial charge >= 0.3 is 0 Å². The number of amides is 1. The van der Waals surface area contributed by atoms with Crippen molar-refractivity contribution >= 4 is 5.91 Å². The molecule has 0 radical (unpaired) electrons. The SMILES string of the molecule is O=C(c1nn[nH]n1)N1CCC[C@@H]1CO. The summed E-state index contributed by atoms with van der Waals surface area (Å²) in [5.41, 5.74) is 0. The Morgan fingerprint density at radius 2 is 2.57 bits per heavy atom. The number of H-pyrrole nitrogens is 1. The van der Waals surface area contributed by atoms with Crippen molar-refractivity contribution in [1.82, 2.24) is 25.5 Å². The fraction of sp³-hybridized carbons (Fsp3) is 0.714. The number of carbonyl (C=O) groups excluding carboxylic acids is 1. The monoisotopic (exact) mass is 197 g/mol. The van der Waals surface area contributed by atoms with Crippen molar-refractivity contribution in [1.29, 1.82) is 0 Å². The molecule has 0 spiro atoms. The number of nitrogens with one attached hydrogen (secondary N) is 1. The second-order valence-corrected chi connectivity index (χ2v) is 3.21. The third-order valence-electron chi connectivity index (χ3n) is 2.39. The molecule has 1 atom stereocenters. The standard InChI is InChI=1S/C7H11N5O2/c13-4-5-2-1-3-12(5)7(14)6-8-10-11-9-6/h5,13H,1-4H2,(H,8,9,10,11)/t5-/m1/s1. The molecule has 0 bridgehead atoms. The zero-order chi connectivity index (χ0) is 9.97. The van der Waals surface area contributed by atoms with Crippen LogP contribution in [0.15, 0.2) is 0 Å². The van der Waals surface area contributed by atoms with Gasteiger partial charge in [0.05, 0.1) is 12.6 Å². The van der Waals surface area contributed by atoms with Gasteiger partial charge in [-0.05, 0) is 18.1 Å². The van der Waals surface area contributed by atoms with Gasteiger partial charge in [-0.15, -0.1) is 10.2 Å². The summed E-state index contributed by atoms with van der Waals surface area (Å²) in [7, 11) is 0. The van der Waals surface area contributed by atoms with Crippen LogP contribution in [0.4, 0.5) is 0 Å². The van der Waals surface area contributed by atoms with Gasteiger partial charge in [0, 0.05) is 6.54 Å². The number of hydrogen-bond acceptors (Lipinski definition) is 5. The van der Waals surface area contributed by atoms with E-state index >= 15 is 0 Å². The third-order valence-corrected chi connectivity index (χ3v) is 2.39. The van der Waals surface area contributed by atoms with Crippen LogP contribution in [-0.4, -0.2) is 55.7 Å². The Kier molecular flexibility index (Phi) is 2.40. The summed E-state index contributed by atoms with van der Waals surface area (Å²) in [4.78, 5) is 13.3. The minimum Gasteiger partial charge on any atom is -0.394 e. The number of rotatable bonds is 2. The smallest absolute Gasteiger partial charge is 0.295 e. The molecule has 2 N–H and O–H groups in total. The molecule has 0 unspecified atom stereocenters. The first kappa shape index (κ1) is 9.07. The molecule has 1 amide bonds. The van der Waals surface area contributed by atoms with Gasteiger partial charge in [0.25, 0.3) is 11.7 Å². The molecule has 0 aliphatic carbocycles. The molecule has 1 aliphatic rings. The molecule has 14 heavy (non-hydrogen) atoms. The van der Waals surface area contributed by atoms with Gasteiger partial charge in [-0.25, -0.2) is 0 Å². The molecule has 1 aliphatic heterocycles. The lowest BCUT2D eigenvalue weighted by atomic mass is 10.2. The first-order valence-corrected chi connectivity index (χ1v) is 4.48. The van der Waals surface area contributed by atoms with Gasteiger partial charge in [-0.3, -0.25) is 4.79 Å². The van der Waals surface area contributed by atoms with Crippen LogP contribution < -0.4 is 0 Å². The number of likely N-dealkylation sites (tertiary alicyclic amines) is 1. The van der Waals surface area contributed by atoms with Crippen molar-refractivity contribution < 1.29 is 9.90 Å². The van der Waals surface area contributed by atoms with Gasteiger partial charge in [-0.2, -0.15) is 5.21 Å². The highest BCUT2D eigenvalue weighted by atomic mass is 16.3. The third kappa shape index (κ3) is 1.46. The van der Waals surface area contributed by atoms with E-state index in [1.54, 1.807) is 4.90 Å². The van der Waals surface area contributed by atoms with E-state index in [2.05, 4.69) is 20.6 Å². The number of nitrogens with zero attached hydrogens (tertiary/aromatic N) is 4. The molecule has 0 saturated carbocycles. The van der Waals surface area contributed by atoms with Crippen LogP contribution in [0, 0.1) is 0 Å². The topological polar surface area (TPSA) is 95.0 Å². The Balaban J connectivity index is 2.11. The summed E-state index contributed by atoms with van der Waals surface area (Å²) in [6.07, 6.45) is 1.74. The second kappa shape index (κ2) is 3.70. The average Bonchev–Trinajstić information content (AvgIpc) is 2.87. The minimum absolute atomic E-state index is 0.0103. The van der Waals surface area contributed by atoms with Crippen LogP contribution in [0.2, 0.25) is 0 Å². The maximum atomic E-state index is 11.7.